The predicted molar refractivity (Wildman–Crippen MR) is 66.2 cm³/mol. The highest BCUT2D eigenvalue weighted by Gasteiger charge is 2.31. The molecule has 0 aromatic carbocycles. The van der Waals surface area contributed by atoms with Crippen LogP contribution in [0.25, 0.3) is 0 Å². The van der Waals surface area contributed by atoms with Gasteiger partial charge in [-0.25, -0.2) is 0 Å². The first-order chi connectivity index (χ1) is 7.86. The molecule has 1 aromatic heterocycles. The van der Waals surface area contributed by atoms with Gasteiger partial charge in [-0.15, -0.1) is 0 Å². The van der Waals surface area contributed by atoms with E-state index >= 15 is 0 Å². The highest BCUT2D eigenvalue weighted by atomic mass is 16.3. The van der Waals surface area contributed by atoms with E-state index in [9.17, 15) is 0 Å². The van der Waals surface area contributed by atoms with E-state index in [1.165, 1.54) is 37.7 Å². The van der Waals surface area contributed by atoms with Crippen LogP contribution < -0.4 is 5.32 Å². The smallest absolute Gasteiger partial charge is 0.0950 e. The molecule has 16 heavy (non-hydrogen) atoms. The lowest BCUT2D eigenvalue weighted by Crippen LogP contribution is -2.32. The van der Waals surface area contributed by atoms with Crippen molar-refractivity contribution in [3.05, 3.63) is 24.2 Å². The summed E-state index contributed by atoms with van der Waals surface area (Å²) in [4.78, 5) is 0. The summed E-state index contributed by atoms with van der Waals surface area (Å²) in [6.45, 7) is 2.32. The van der Waals surface area contributed by atoms with E-state index < -0.39 is 0 Å². The molecule has 1 fully saturated rings. The molecule has 3 unspecified atom stereocenters. The van der Waals surface area contributed by atoms with Crippen LogP contribution in [0.3, 0.4) is 0 Å². The first-order valence-electron chi connectivity index (χ1n) is 6.56. The van der Waals surface area contributed by atoms with Crippen molar-refractivity contribution in [2.75, 3.05) is 7.05 Å². The molecule has 2 nitrogen and oxygen atoms in total. The van der Waals surface area contributed by atoms with Gasteiger partial charge in [0.05, 0.1) is 12.5 Å². The van der Waals surface area contributed by atoms with Crippen molar-refractivity contribution in [1.82, 2.24) is 5.32 Å². The van der Waals surface area contributed by atoms with Crippen molar-refractivity contribution < 1.29 is 4.42 Å². The fourth-order valence-corrected chi connectivity index (χ4v) is 3.26. The summed E-state index contributed by atoms with van der Waals surface area (Å²) in [5.74, 6) is 1.66. The molecule has 1 heterocycles. The van der Waals surface area contributed by atoms with Crippen LogP contribution in [-0.4, -0.2) is 7.05 Å². The third-order valence-corrected chi connectivity index (χ3v) is 4.13. The average Bonchev–Trinajstić information content (AvgIpc) is 2.84. The Hall–Kier alpha value is -0.760. The predicted octanol–water partition coefficient (Wildman–Crippen LogP) is 3.76. The number of furan rings is 1. The van der Waals surface area contributed by atoms with Crippen LogP contribution in [0.2, 0.25) is 0 Å². The molecule has 0 saturated heterocycles. The van der Waals surface area contributed by atoms with Crippen molar-refractivity contribution in [2.24, 2.45) is 11.8 Å². The summed E-state index contributed by atoms with van der Waals surface area (Å²) < 4.78 is 5.22. The van der Waals surface area contributed by atoms with Crippen LogP contribution >= 0.6 is 0 Å². The molecule has 0 spiro atoms. The zero-order chi connectivity index (χ0) is 11.4. The monoisotopic (exact) mass is 221 g/mol. The van der Waals surface area contributed by atoms with Gasteiger partial charge in [0.15, 0.2) is 0 Å². The second kappa shape index (κ2) is 5.53. The molecule has 1 aliphatic rings. The molecule has 2 rings (SSSR count). The van der Waals surface area contributed by atoms with Gasteiger partial charge in [0.25, 0.3) is 0 Å². The van der Waals surface area contributed by atoms with Crippen LogP contribution in [0.15, 0.2) is 23.0 Å². The maximum absolute atomic E-state index is 5.22. The normalized spacial score (nSPS) is 27.9. The topological polar surface area (TPSA) is 25.2 Å². The van der Waals surface area contributed by atoms with Gasteiger partial charge >= 0.3 is 0 Å². The van der Waals surface area contributed by atoms with Crippen molar-refractivity contribution in [3.63, 3.8) is 0 Å². The quantitative estimate of drug-likeness (QED) is 0.837. The minimum Gasteiger partial charge on any atom is -0.472 e. The summed E-state index contributed by atoms with van der Waals surface area (Å²) in [5, 5.41) is 3.48. The number of hydrogen-bond acceptors (Lipinski definition) is 2. The van der Waals surface area contributed by atoms with Gasteiger partial charge in [-0.3, -0.25) is 0 Å². The molecule has 2 heteroatoms. The largest absolute Gasteiger partial charge is 0.472 e. The Balaban J connectivity index is 2.13. The van der Waals surface area contributed by atoms with E-state index in [4.69, 9.17) is 4.42 Å². The van der Waals surface area contributed by atoms with Crippen molar-refractivity contribution in [1.29, 1.82) is 0 Å². The number of rotatable bonds is 4. The molecule has 0 bridgehead atoms. The molecular weight excluding hydrogens is 198 g/mol. The molecule has 1 saturated carbocycles. The summed E-state index contributed by atoms with van der Waals surface area (Å²) in [6.07, 6.45) is 10.5. The first-order valence-corrected chi connectivity index (χ1v) is 6.56. The Morgan fingerprint density at radius 3 is 2.88 bits per heavy atom. The highest BCUT2D eigenvalue weighted by Crippen LogP contribution is 2.40. The average molecular weight is 221 g/mol. The van der Waals surface area contributed by atoms with E-state index in [1.54, 1.807) is 6.26 Å². The van der Waals surface area contributed by atoms with E-state index in [1.807, 2.05) is 6.26 Å². The third-order valence-electron chi connectivity index (χ3n) is 4.13. The van der Waals surface area contributed by atoms with E-state index in [-0.39, 0.29) is 0 Å². The second-order valence-corrected chi connectivity index (χ2v) is 4.94. The number of hydrogen-bond donors (Lipinski definition) is 1. The molecule has 1 aromatic rings. The highest BCUT2D eigenvalue weighted by molar-refractivity contribution is 5.13. The Bertz CT molecular complexity index is 294. The summed E-state index contributed by atoms with van der Waals surface area (Å²) >= 11 is 0. The van der Waals surface area contributed by atoms with E-state index in [0.29, 0.717) is 6.04 Å². The Morgan fingerprint density at radius 2 is 2.25 bits per heavy atom. The fraction of sp³-hybridized carbons (Fsp3) is 0.714. The first kappa shape index (κ1) is 11.7. The zero-order valence-electron chi connectivity index (χ0n) is 10.4. The molecule has 0 radical (unpaired) electrons. The fourth-order valence-electron chi connectivity index (χ4n) is 3.26. The molecular formula is C14H23NO. The van der Waals surface area contributed by atoms with Crippen LogP contribution in [-0.2, 0) is 0 Å². The summed E-state index contributed by atoms with van der Waals surface area (Å²) in [7, 11) is 2.07. The van der Waals surface area contributed by atoms with Crippen molar-refractivity contribution in [2.45, 2.75) is 45.1 Å². The second-order valence-electron chi connectivity index (χ2n) is 4.94. The van der Waals surface area contributed by atoms with Gasteiger partial charge in [-0.05, 0) is 31.4 Å². The van der Waals surface area contributed by atoms with Crippen molar-refractivity contribution in [3.8, 4) is 0 Å². The van der Waals surface area contributed by atoms with Crippen LogP contribution in [0.4, 0.5) is 0 Å². The Labute approximate surface area is 98.4 Å². The van der Waals surface area contributed by atoms with Gasteiger partial charge in [0.2, 0.25) is 0 Å². The van der Waals surface area contributed by atoms with Gasteiger partial charge in [0, 0.05) is 11.6 Å². The van der Waals surface area contributed by atoms with E-state index in [2.05, 4.69) is 25.4 Å². The molecule has 0 amide bonds. The lowest BCUT2D eigenvalue weighted by atomic mass is 9.73. The van der Waals surface area contributed by atoms with Gasteiger partial charge in [0.1, 0.15) is 0 Å². The minimum atomic E-state index is 0.476. The van der Waals surface area contributed by atoms with Gasteiger partial charge in [-0.2, -0.15) is 0 Å². The molecule has 1 N–H and O–H groups in total. The summed E-state index contributed by atoms with van der Waals surface area (Å²) in [6, 6.07) is 2.58. The maximum atomic E-state index is 5.22. The van der Waals surface area contributed by atoms with Crippen LogP contribution in [0, 0.1) is 11.8 Å². The molecule has 3 atom stereocenters. The standard InChI is InChI=1S/C14H23NO/c1-3-11-6-4-5-7-13(11)14(15-2)12-8-9-16-10-12/h8-11,13-15H,3-7H2,1-2H3. The maximum Gasteiger partial charge on any atom is 0.0950 e. The zero-order valence-corrected chi connectivity index (χ0v) is 10.4. The number of nitrogens with one attached hydrogen (secondary N) is 1. The van der Waals surface area contributed by atoms with Gasteiger partial charge in [-0.1, -0.05) is 32.6 Å². The minimum absolute atomic E-state index is 0.476. The lowest BCUT2D eigenvalue weighted by molar-refractivity contribution is 0.180. The van der Waals surface area contributed by atoms with Crippen LogP contribution in [0.1, 0.15) is 50.6 Å². The SMILES string of the molecule is CCC1CCCCC1C(NC)c1ccoc1. The molecule has 1 aliphatic carbocycles. The third kappa shape index (κ3) is 2.32. The van der Waals surface area contributed by atoms with E-state index in [0.717, 1.165) is 11.8 Å². The Kier molecular flexibility index (Phi) is 4.05. The molecule has 0 aliphatic heterocycles. The molecule has 90 valence electrons. The Morgan fingerprint density at radius 1 is 1.44 bits per heavy atom. The lowest BCUT2D eigenvalue weighted by Gasteiger charge is -2.36. The van der Waals surface area contributed by atoms with Crippen molar-refractivity contribution >= 4 is 0 Å². The van der Waals surface area contributed by atoms with Gasteiger partial charge < -0.3 is 9.73 Å². The summed E-state index contributed by atoms with van der Waals surface area (Å²) in [5.41, 5.74) is 1.31. The van der Waals surface area contributed by atoms with Crippen LogP contribution in [0.5, 0.6) is 0 Å².